The van der Waals surface area contributed by atoms with Gasteiger partial charge in [-0.05, 0) is 50.2 Å². The molecule has 1 aliphatic heterocycles. The third-order valence-electron chi connectivity index (χ3n) is 3.86. The van der Waals surface area contributed by atoms with Gasteiger partial charge >= 0.3 is 0 Å². The Kier molecular flexibility index (Phi) is 5.09. The third kappa shape index (κ3) is 4.40. The Morgan fingerprint density at radius 2 is 1.68 bits per heavy atom. The van der Waals surface area contributed by atoms with Gasteiger partial charge in [-0.2, -0.15) is 10.1 Å². The van der Waals surface area contributed by atoms with Gasteiger partial charge in [0.15, 0.2) is 17.3 Å². The first kappa shape index (κ1) is 17.8. The maximum Gasteiger partial charge on any atom is 0.249 e. The van der Waals surface area contributed by atoms with Gasteiger partial charge in [0.05, 0.1) is 12.3 Å². The van der Waals surface area contributed by atoms with Crippen LogP contribution < -0.4 is 24.8 Å². The molecular formula is C20H21N5O3. The standard InChI is InChI=1S/C20H21N5O3/c1-13(2)28-16-6-3-14(4-7-16)23-20-24-19(12-21-25-20)22-15-5-8-17-18(11-15)27-10-9-26-17/h3-8,11-13H,9-10H2,1-2H3,(H2,22,23,24,25). The second-order valence-corrected chi connectivity index (χ2v) is 6.46. The van der Waals surface area contributed by atoms with Gasteiger partial charge in [0, 0.05) is 17.4 Å². The van der Waals surface area contributed by atoms with Crippen molar-refractivity contribution in [2.45, 2.75) is 20.0 Å². The summed E-state index contributed by atoms with van der Waals surface area (Å²) in [6.45, 7) is 5.09. The highest BCUT2D eigenvalue weighted by molar-refractivity contribution is 5.62. The molecule has 0 fully saturated rings. The van der Waals surface area contributed by atoms with Crippen LogP contribution in [0, 0.1) is 0 Å². The molecular weight excluding hydrogens is 358 g/mol. The van der Waals surface area contributed by atoms with Gasteiger partial charge in [0.25, 0.3) is 0 Å². The molecule has 0 bridgehead atoms. The monoisotopic (exact) mass is 379 g/mol. The second kappa shape index (κ2) is 7.99. The Labute approximate surface area is 162 Å². The highest BCUT2D eigenvalue weighted by Crippen LogP contribution is 2.33. The molecule has 0 saturated carbocycles. The van der Waals surface area contributed by atoms with Gasteiger partial charge in [0.2, 0.25) is 5.95 Å². The SMILES string of the molecule is CC(C)Oc1ccc(Nc2nncc(Nc3ccc4c(c3)OCCO4)n2)cc1. The third-order valence-corrected chi connectivity index (χ3v) is 3.86. The fourth-order valence-corrected chi connectivity index (χ4v) is 2.70. The van der Waals surface area contributed by atoms with Gasteiger partial charge in [-0.15, -0.1) is 5.10 Å². The number of hydrogen-bond acceptors (Lipinski definition) is 8. The van der Waals surface area contributed by atoms with Crippen molar-refractivity contribution in [3.63, 3.8) is 0 Å². The first-order valence-corrected chi connectivity index (χ1v) is 9.06. The maximum absolute atomic E-state index is 5.64. The lowest BCUT2D eigenvalue weighted by Crippen LogP contribution is -2.15. The van der Waals surface area contributed by atoms with Crippen LogP contribution in [0.2, 0.25) is 0 Å². The fraction of sp³-hybridized carbons (Fsp3) is 0.250. The number of anilines is 4. The molecule has 0 spiro atoms. The lowest BCUT2D eigenvalue weighted by Gasteiger charge is -2.19. The van der Waals surface area contributed by atoms with Crippen LogP contribution in [0.5, 0.6) is 17.2 Å². The molecule has 0 saturated heterocycles. The lowest BCUT2D eigenvalue weighted by molar-refractivity contribution is 0.171. The highest BCUT2D eigenvalue weighted by Gasteiger charge is 2.12. The zero-order valence-electron chi connectivity index (χ0n) is 15.7. The minimum absolute atomic E-state index is 0.134. The molecule has 4 rings (SSSR count). The molecule has 1 aromatic heterocycles. The molecule has 0 aliphatic carbocycles. The largest absolute Gasteiger partial charge is 0.491 e. The average Bonchev–Trinajstić information content (AvgIpc) is 2.69. The van der Waals surface area contributed by atoms with E-state index in [1.807, 2.05) is 56.3 Å². The molecule has 2 aromatic carbocycles. The van der Waals surface area contributed by atoms with Crippen LogP contribution >= 0.6 is 0 Å². The van der Waals surface area contributed by atoms with Gasteiger partial charge in [-0.25, -0.2) is 0 Å². The average molecular weight is 379 g/mol. The van der Waals surface area contributed by atoms with E-state index in [0.717, 1.165) is 22.9 Å². The van der Waals surface area contributed by atoms with Crippen molar-refractivity contribution in [1.29, 1.82) is 0 Å². The van der Waals surface area contributed by atoms with Crippen LogP contribution in [0.15, 0.2) is 48.7 Å². The smallest absolute Gasteiger partial charge is 0.249 e. The van der Waals surface area contributed by atoms with E-state index in [4.69, 9.17) is 14.2 Å². The van der Waals surface area contributed by atoms with Crippen LogP contribution in [0.4, 0.5) is 23.1 Å². The number of rotatable bonds is 6. The molecule has 144 valence electrons. The number of nitrogens with one attached hydrogen (secondary N) is 2. The maximum atomic E-state index is 5.64. The Hall–Kier alpha value is -3.55. The van der Waals surface area contributed by atoms with Gasteiger partial charge in [-0.1, -0.05) is 0 Å². The van der Waals surface area contributed by atoms with Gasteiger partial charge < -0.3 is 24.8 Å². The summed E-state index contributed by atoms with van der Waals surface area (Å²) >= 11 is 0. The summed E-state index contributed by atoms with van der Waals surface area (Å²) < 4.78 is 16.8. The molecule has 0 unspecified atom stereocenters. The zero-order chi connectivity index (χ0) is 19.3. The first-order chi connectivity index (χ1) is 13.7. The van der Waals surface area contributed by atoms with E-state index < -0.39 is 0 Å². The van der Waals surface area contributed by atoms with Crippen LogP contribution in [0.25, 0.3) is 0 Å². The summed E-state index contributed by atoms with van der Waals surface area (Å²) in [5, 5.41) is 14.4. The van der Waals surface area contributed by atoms with E-state index >= 15 is 0 Å². The molecule has 0 atom stereocenters. The number of ether oxygens (including phenoxy) is 3. The number of fused-ring (bicyclic) bond motifs is 1. The second-order valence-electron chi connectivity index (χ2n) is 6.46. The van der Waals surface area contributed by atoms with Gasteiger partial charge in [0.1, 0.15) is 19.0 Å². The fourth-order valence-electron chi connectivity index (χ4n) is 2.70. The molecule has 0 radical (unpaired) electrons. The van der Waals surface area contributed by atoms with Crippen molar-refractivity contribution < 1.29 is 14.2 Å². The van der Waals surface area contributed by atoms with Crippen molar-refractivity contribution in [2.24, 2.45) is 0 Å². The quantitative estimate of drug-likeness (QED) is 0.666. The highest BCUT2D eigenvalue weighted by atomic mass is 16.6. The first-order valence-electron chi connectivity index (χ1n) is 9.06. The Balaban J connectivity index is 1.44. The Morgan fingerprint density at radius 3 is 2.46 bits per heavy atom. The van der Waals surface area contributed by atoms with E-state index in [9.17, 15) is 0 Å². The van der Waals surface area contributed by atoms with E-state index in [1.54, 1.807) is 6.20 Å². The van der Waals surface area contributed by atoms with Crippen molar-refractivity contribution in [3.8, 4) is 17.2 Å². The lowest BCUT2D eigenvalue weighted by atomic mass is 10.2. The number of benzene rings is 2. The van der Waals surface area contributed by atoms with E-state index in [2.05, 4.69) is 25.8 Å². The Morgan fingerprint density at radius 1 is 0.929 bits per heavy atom. The normalized spacial score (nSPS) is 12.5. The molecule has 8 heteroatoms. The van der Waals surface area contributed by atoms with Crippen LogP contribution in [0.3, 0.4) is 0 Å². The molecule has 8 nitrogen and oxygen atoms in total. The molecule has 28 heavy (non-hydrogen) atoms. The van der Waals surface area contributed by atoms with Crippen molar-refractivity contribution in [3.05, 3.63) is 48.7 Å². The number of aromatic nitrogens is 3. The van der Waals surface area contributed by atoms with Crippen molar-refractivity contribution in [2.75, 3.05) is 23.8 Å². The number of nitrogens with zero attached hydrogens (tertiary/aromatic N) is 3. The van der Waals surface area contributed by atoms with Crippen molar-refractivity contribution >= 4 is 23.1 Å². The van der Waals surface area contributed by atoms with Crippen LogP contribution in [-0.4, -0.2) is 34.5 Å². The summed E-state index contributed by atoms with van der Waals surface area (Å²) in [5.74, 6) is 3.22. The predicted molar refractivity (Wildman–Crippen MR) is 106 cm³/mol. The molecule has 2 N–H and O–H groups in total. The van der Waals surface area contributed by atoms with E-state index in [0.29, 0.717) is 30.7 Å². The molecule has 2 heterocycles. The Bertz CT molecular complexity index is 947. The minimum Gasteiger partial charge on any atom is -0.491 e. The summed E-state index contributed by atoms with van der Waals surface area (Å²) in [6, 6.07) is 13.2. The van der Waals surface area contributed by atoms with E-state index in [1.165, 1.54) is 0 Å². The summed E-state index contributed by atoms with van der Waals surface area (Å²) in [6.07, 6.45) is 1.69. The molecule has 3 aromatic rings. The van der Waals surface area contributed by atoms with Crippen LogP contribution in [0.1, 0.15) is 13.8 Å². The minimum atomic E-state index is 0.134. The summed E-state index contributed by atoms with van der Waals surface area (Å²) in [5.41, 5.74) is 1.67. The van der Waals surface area contributed by atoms with Crippen LogP contribution in [-0.2, 0) is 0 Å². The molecule has 0 amide bonds. The predicted octanol–water partition coefficient (Wildman–Crippen LogP) is 3.92. The topological polar surface area (TPSA) is 90.4 Å². The zero-order valence-corrected chi connectivity index (χ0v) is 15.7. The van der Waals surface area contributed by atoms with Gasteiger partial charge in [-0.3, -0.25) is 0 Å². The molecule has 1 aliphatic rings. The van der Waals surface area contributed by atoms with E-state index in [-0.39, 0.29) is 6.10 Å². The summed E-state index contributed by atoms with van der Waals surface area (Å²) in [7, 11) is 0. The van der Waals surface area contributed by atoms with Crippen molar-refractivity contribution in [1.82, 2.24) is 15.2 Å². The number of hydrogen-bond donors (Lipinski definition) is 2. The summed E-state index contributed by atoms with van der Waals surface area (Å²) in [4.78, 5) is 4.45.